The van der Waals surface area contributed by atoms with E-state index in [2.05, 4.69) is 27.9 Å². The average Bonchev–Trinajstić information content (AvgIpc) is 2.41. The van der Waals surface area contributed by atoms with E-state index >= 15 is 0 Å². The summed E-state index contributed by atoms with van der Waals surface area (Å²) in [5.41, 5.74) is 0.843. The van der Waals surface area contributed by atoms with Crippen LogP contribution >= 0.6 is 22.6 Å². The van der Waals surface area contributed by atoms with E-state index in [4.69, 9.17) is 0 Å². The Kier molecular flexibility index (Phi) is 5.80. The number of likely N-dealkylation sites (N-methyl/N-ethyl adjacent to an activating group) is 1. The minimum absolute atomic E-state index is 0.0330. The molecule has 1 aliphatic carbocycles. The summed E-state index contributed by atoms with van der Waals surface area (Å²) in [4.78, 5) is 14.1. The molecule has 2 atom stereocenters. The second kappa shape index (κ2) is 7.38. The van der Waals surface area contributed by atoms with Crippen molar-refractivity contribution in [1.82, 2.24) is 4.90 Å². The number of carbonyl (C=O) groups is 1. The van der Waals surface area contributed by atoms with Gasteiger partial charge in [0, 0.05) is 9.61 Å². The Balaban J connectivity index is 1.89. The molecular weight excluding hydrogens is 367 g/mol. The van der Waals surface area contributed by atoms with Crippen LogP contribution in [0.2, 0.25) is 0 Å². The maximum Gasteiger partial charge on any atom is 0.238 e. The maximum absolute atomic E-state index is 12.1. The maximum atomic E-state index is 12.1. The molecule has 0 heterocycles. The van der Waals surface area contributed by atoms with Crippen molar-refractivity contribution in [1.29, 1.82) is 0 Å². The lowest BCUT2D eigenvalue weighted by Crippen LogP contribution is -2.46. The Morgan fingerprint density at radius 2 is 2.10 bits per heavy atom. The number of hydrogen-bond donors (Lipinski definition) is 2. The Hall–Kier alpha value is -0.660. The standard InChI is InChI=1S/C15H21IN2O2/c1-18(13-8-4-5-9-14(13)19)10-15(20)17-12-7-3-2-6-11(12)16/h2-3,6-7,13-14,19H,4-5,8-10H2,1H3,(H,17,20). The molecule has 5 heteroatoms. The number of hydrogen-bond acceptors (Lipinski definition) is 3. The Bertz CT molecular complexity index is 467. The molecule has 0 bridgehead atoms. The molecule has 110 valence electrons. The van der Waals surface area contributed by atoms with Gasteiger partial charge in [0.05, 0.1) is 18.3 Å². The lowest BCUT2D eigenvalue weighted by molar-refractivity contribution is -0.118. The molecule has 0 spiro atoms. The zero-order chi connectivity index (χ0) is 14.5. The van der Waals surface area contributed by atoms with Crippen molar-refractivity contribution in [2.45, 2.75) is 37.8 Å². The molecule has 1 saturated carbocycles. The van der Waals surface area contributed by atoms with E-state index in [0.29, 0.717) is 6.54 Å². The fourth-order valence-corrected chi connectivity index (χ4v) is 3.22. The average molecular weight is 388 g/mol. The molecule has 1 aromatic carbocycles. The monoisotopic (exact) mass is 388 g/mol. The summed E-state index contributed by atoms with van der Waals surface area (Å²) in [5, 5.41) is 12.9. The summed E-state index contributed by atoms with van der Waals surface area (Å²) in [5.74, 6) is -0.0330. The molecular formula is C15H21IN2O2. The molecule has 1 amide bonds. The van der Waals surface area contributed by atoms with Gasteiger partial charge in [-0.15, -0.1) is 0 Å². The van der Waals surface area contributed by atoms with Gasteiger partial charge in [0.2, 0.25) is 5.91 Å². The van der Waals surface area contributed by atoms with Gasteiger partial charge in [0.15, 0.2) is 0 Å². The predicted octanol–water partition coefficient (Wildman–Crippen LogP) is 2.47. The van der Waals surface area contributed by atoms with Crippen molar-refractivity contribution >= 4 is 34.2 Å². The third kappa shape index (κ3) is 4.17. The summed E-state index contributed by atoms with van der Waals surface area (Å²) >= 11 is 2.21. The van der Waals surface area contributed by atoms with Crippen LogP contribution in [-0.2, 0) is 4.79 Å². The van der Waals surface area contributed by atoms with Gasteiger partial charge < -0.3 is 10.4 Å². The number of aliphatic hydroxyl groups excluding tert-OH is 1. The molecule has 1 aliphatic rings. The Labute approximate surface area is 133 Å². The first kappa shape index (κ1) is 15.7. The lowest BCUT2D eigenvalue weighted by atomic mass is 9.91. The molecule has 1 aromatic rings. The van der Waals surface area contributed by atoms with Crippen LogP contribution < -0.4 is 5.32 Å². The number of nitrogens with one attached hydrogen (secondary N) is 1. The van der Waals surface area contributed by atoms with Crippen LogP contribution in [0.4, 0.5) is 5.69 Å². The fraction of sp³-hybridized carbons (Fsp3) is 0.533. The van der Waals surface area contributed by atoms with E-state index in [1.54, 1.807) is 0 Å². The number of halogens is 1. The van der Waals surface area contributed by atoms with Crippen molar-refractivity contribution in [2.75, 3.05) is 18.9 Å². The van der Waals surface area contributed by atoms with Gasteiger partial charge in [-0.2, -0.15) is 0 Å². The number of aliphatic hydroxyl groups is 1. The van der Waals surface area contributed by atoms with Gasteiger partial charge in [0.25, 0.3) is 0 Å². The van der Waals surface area contributed by atoms with Gasteiger partial charge in [-0.3, -0.25) is 9.69 Å². The van der Waals surface area contributed by atoms with Gasteiger partial charge in [-0.05, 0) is 54.6 Å². The van der Waals surface area contributed by atoms with Crippen molar-refractivity contribution in [3.8, 4) is 0 Å². The fourth-order valence-electron chi connectivity index (χ4n) is 2.70. The molecule has 0 radical (unpaired) electrons. The zero-order valence-electron chi connectivity index (χ0n) is 11.7. The highest BCUT2D eigenvalue weighted by atomic mass is 127. The lowest BCUT2D eigenvalue weighted by Gasteiger charge is -2.34. The van der Waals surface area contributed by atoms with Crippen LogP contribution in [0.5, 0.6) is 0 Å². The zero-order valence-corrected chi connectivity index (χ0v) is 13.8. The number of benzene rings is 1. The molecule has 0 aliphatic heterocycles. The van der Waals surface area contributed by atoms with Gasteiger partial charge in [0.1, 0.15) is 0 Å². The highest BCUT2D eigenvalue weighted by Crippen LogP contribution is 2.22. The van der Waals surface area contributed by atoms with Gasteiger partial charge in [-0.25, -0.2) is 0 Å². The highest BCUT2D eigenvalue weighted by molar-refractivity contribution is 14.1. The smallest absolute Gasteiger partial charge is 0.238 e. The summed E-state index contributed by atoms with van der Waals surface area (Å²) in [6.07, 6.45) is 3.71. The molecule has 2 rings (SSSR count). The summed E-state index contributed by atoms with van der Waals surface area (Å²) in [6, 6.07) is 7.82. The van der Waals surface area contributed by atoms with Crippen molar-refractivity contribution in [3.05, 3.63) is 27.8 Å². The first-order valence-electron chi connectivity index (χ1n) is 7.00. The summed E-state index contributed by atoms with van der Waals surface area (Å²) in [7, 11) is 1.91. The Morgan fingerprint density at radius 1 is 1.40 bits per heavy atom. The van der Waals surface area contributed by atoms with Gasteiger partial charge in [-0.1, -0.05) is 25.0 Å². The first-order chi connectivity index (χ1) is 9.58. The molecule has 2 unspecified atom stereocenters. The molecule has 1 fully saturated rings. The van der Waals surface area contributed by atoms with Crippen LogP contribution in [0.25, 0.3) is 0 Å². The number of nitrogens with zero attached hydrogens (tertiary/aromatic N) is 1. The third-order valence-electron chi connectivity index (χ3n) is 3.80. The number of carbonyl (C=O) groups excluding carboxylic acids is 1. The SMILES string of the molecule is CN(CC(=O)Nc1ccccc1I)C1CCCCC1O. The number of amides is 1. The molecule has 4 nitrogen and oxygen atoms in total. The van der Waals surface area contributed by atoms with Crippen LogP contribution in [-0.4, -0.2) is 41.7 Å². The Morgan fingerprint density at radius 3 is 2.80 bits per heavy atom. The van der Waals surface area contributed by atoms with E-state index < -0.39 is 0 Å². The van der Waals surface area contributed by atoms with E-state index in [0.717, 1.165) is 34.9 Å². The van der Waals surface area contributed by atoms with E-state index in [-0.39, 0.29) is 18.1 Å². The molecule has 20 heavy (non-hydrogen) atoms. The molecule has 0 aromatic heterocycles. The van der Waals surface area contributed by atoms with Crippen molar-refractivity contribution in [3.63, 3.8) is 0 Å². The van der Waals surface area contributed by atoms with E-state index in [1.807, 2.05) is 36.2 Å². The summed E-state index contributed by atoms with van der Waals surface area (Å²) in [6.45, 7) is 0.312. The van der Waals surface area contributed by atoms with Crippen LogP contribution in [0.1, 0.15) is 25.7 Å². The largest absolute Gasteiger partial charge is 0.391 e. The minimum atomic E-state index is -0.307. The summed E-state index contributed by atoms with van der Waals surface area (Å²) < 4.78 is 1.03. The quantitative estimate of drug-likeness (QED) is 0.780. The van der Waals surface area contributed by atoms with Crippen molar-refractivity contribution < 1.29 is 9.90 Å². The highest BCUT2D eigenvalue weighted by Gasteiger charge is 2.27. The predicted molar refractivity (Wildman–Crippen MR) is 88.7 cm³/mol. The number of rotatable bonds is 4. The van der Waals surface area contributed by atoms with Crippen LogP contribution in [0.15, 0.2) is 24.3 Å². The van der Waals surface area contributed by atoms with E-state index in [9.17, 15) is 9.90 Å². The minimum Gasteiger partial charge on any atom is -0.391 e. The number of anilines is 1. The third-order valence-corrected chi connectivity index (χ3v) is 4.74. The normalized spacial score (nSPS) is 22.8. The van der Waals surface area contributed by atoms with Crippen molar-refractivity contribution in [2.24, 2.45) is 0 Å². The van der Waals surface area contributed by atoms with E-state index in [1.165, 1.54) is 0 Å². The second-order valence-electron chi connectivity index (χ2n) is 5.36. The van der Waals surface area contributed by atoms with Crippen LogP contribution in [0.3, 0.4) is 0 Å². The first-order valence-corrected chi connectivity index (χ1v) is 8.08. The molecule has 0 saturated heterocycles. The van der Waals surface area contributed by atoms with Crippen LogP contribution in [0, 0.1) is 3.57 Å². The second-order valence-corrected chi connectivity index (χ2v) is 6.52. The molecule has 2 N–H and O–H groups in total. The van der Waals surface area contributed by atoms with Gasteiger partial charge >= 0.3 is 0 Å². The topological polar surface area (TPSA) is 52.6 Å². The number of para-hydroxylation sites is 1.